The molecule has 0 spiro atoms. The zero-order chi connectivity index (χ0) is 14.9. The largest absolute Gasteiger partial charge is 0.319 e. The van der Waals surface area contributed by atoms with E-state index < -0.39 is 23.1 Å². The van der Waals surface area contributed by atoms with Crippen molar-refractivity contribution in [3.63, 3.8) is 0 Å². The fourth-order valence-electron chi connectivity index (χ4n) is 1.84. The number of nitrogens with zero attached hydrogens (tertiary/aromatic N) is 2. The highest BCUT2D eigenvalue weighted by Crippen LogP contribution is 2.21. The summed E-state index contributed by atoms with van der Waals surface area (Å²) in [6, 6.07) is 2.09. The highest BCUT2D eigenvalue weighted by molar-refractivity contribution is 9.10. The van der Waals surface area contributed by atoms with Gasteiger partial charge in [0.25, 0.3) is 5.91 Å². The lowest BCUT2D eigenvalue weighted by molar-refractivity contribution is 0.101. The Morgan fingerprint density at radius 2 is 2.00 bits per heavy atom. The minimum atomic E-state index is -0.920. The maximum absolute atomic E-state index is 13.7. The topological polar surface area (TPSA) is 46.9 Å². The van der Waals surface area contributed by atoms with E-state index in [9.17, 15) is 13.6 Å². The number of rotatable bonds is 3. The third-order valence-electron chi connectivity index (χ3n) is 2.72. The first-order valence-corrected chi connectivity index (χ1v) is 6.70. The Morgan fingerprint density at radius 3 is 2.55 bits per heavy atom. The lowest BCUT2D eigenvalue weighted by Gasteiger charge is -2.07. The number of benzene rings is 1. The van der Waals surface area contributed by atoms with Crippen LogP contribution < -0.4 is 5.32 Å². The van der Waals surface area contributed by atoms with Crippen LogP contribution in [0, 0.1) is 11.6 Å². The van der Waals surface area contributed by atoms with Gasteiger partial charge >= 0.3 is 0 Å². The molecule has 0 aliphatic rings. The number of halogens is 3. The van der Waals surface area contributed by atoms with Crippen molar-refractivity contribution in [3.05, 3.63) is 45.7 Å². The van der Waals surface area contributed by atoms with Crippen molar-refractivity contribution in [2.24, 2.45) is 7.05 Å². The third kappa shape index (κ3) is 2.87. The quantitative estimate of drug-likeness (QED) is 0.929. The van der Waals surface area contributed by atoms with Gasteiger partial charge in [0, 0.05) is 17.7 Å². The van der Waals surface area contributed by atoms with Gasteiger partial charge in [0.05, 0.1) is 11.4 Å². The molecule has 0 aliphatic carbocycles. The molecule has 1 heterocycles. The summed E-state index contributed by atoms with van der Waals surface area (Å²) in [5.74, 6) is -2.68. The summed E-state index contributed by atoms with van der Waals surface area (Å²) in [5.41, 5.74) is 0.486. The van der Waals surface area contributed by atoms with Crippen molar-refractivity contribution in [2.75, 3.05) is 5.32 Å². The number of aromatic nitrogens is 2. The Kier molecular flexibility index (Phi) is 4.17. The molecule has 1 N–H and O–H groups in total. The van der Waals surface area contributed by atoms with Crippen LogP contribution in [0.3, 0.4) is 0 Å². The fraction of sp³-hybridized carbons (Fsp3) is 0.231. The number of hydrogen-bond acceptors (Lipinski definition) is 2. The first-order valence-electron chi connectivity index (χ1n) is 5.90. The fourth-order valence-corrected chi connectivity index (χ4v) is 2.25. The molecule has 0 aliphatic heterocycles. The summed E-state index contributed by atoms with van der Waals surface area (Å²) in [6.07, 6.45) is 2.19. The second kappa shape index (κ2) is 5.70. The van der Waals surface area contributed by atoms with Crippen LogP contribution in [0.25, 0.3) is 0 Å². The second-order valence-corrected chi connectivity index (χ2v) is 5.13. The third-order valence-corrected chi connectivity index (χ3v) is 3.18. The van der Waals surface area contributed by atoms with Gasteiger partial charge in [-0.25, -0.2) is 8.78 Å². The minimum absolute atomic E-state index is 0.236. The molecule has 1 aromatic heterocycles. The minimum Gasteiger partial charge on any atom is -0.319 e. The van der Waals surface area contributed by atoms with Crippen LogP contribution in [0.4, 0.5) is 14.5 Å². The summed E-state index contributed by atoms with van der Waals surface area (Å²) in [6.45, 7) is 1.87. The van der Waals surface area contributed by atoms with Gasteiger partial charge in [0.15, 0.2) is 0 Å². The highest BCUT2D eigenvalue weighted by atomic mass is 79.9. The van der Waals surface area contributed by atoms with Crippen LogP contribution in [0.2, 0.25) is 0 Å². The van der Waals surface area contributed by atoms with E-state index in [0.29, 0.717) is 17.8 Å². The van der Waals surface area contributed by atoms with Gasteiger partial charge in [-0.15, -0.1) is 0 Å². The Morgan fingerprint density at radius 1 is 1.40 bits per heavy atom. The van der Waals surface area contributed by atoms with Crippen LogP contribution >= 0.6 is 15.9 Å². The Hall–Kier alpha value is -1.76. The van der Waals surface area contributed by atoms with E-state index in [-0.39, 0.29) is 4.47 Å². The normalized spacial score (nSPS) is 10.7. The molecule has 2 rings (SSSR count). The zero-order valence-corrected chi connectivity index (χ0v) is 12.5. The van der Waals surface area contributed by atoms with E-state index in [0.717, 1.165) is 12.1 Å². The maximum atomic E-state index is 13.7. The van der Waals surface area contributed by atoms with Gasteiger partial charge in [-0.1, -0.05) is 22.9 Å². The molecule has 0 radical (unpaired) electrons. The maximum Gasteiger partial charge on any atom is 0.261 e. The Balaban J connectivity index is 2.33. The average Bonchev–Trinajstić information content (AvgIpc) is 2.67. The van der Waals surface area contributed by atoms with Gasteiger partial charge in [-0.3, -0.25) is 9.48 Å². The van der Waals surface area contributed by atoms with E-state index in [1.807, 2.05) is 6.92 Å². The van der Waals surface area contributed by atoms with Crippen LogP contribution in [0.15, 0.2) is 22.8 Å². The lowest BCUT2D eigenvalue weighted by atomic mass is 10.1. The smallest absolute Gasteiger partial charge is 0.261 e. The van der Waals surface area contributed by atoms with E-state index >= 15 is 0 Å². The molecule has 0 saturated heterocycles. The molecule has 4 nitrogen and oxygen atoms in total. The molecular weight excluding hydrogens is 332 g/mol. The molecule has 0 bridgehead atoms. The molecule has 0 unspecified atom stereocenters. The van der Waals surface area contributed by atoms with Crippen molar-refractivity contribution in [2.45, 2.75) is 13.3 Å². The van der Waals surface area contributed by atoms with Crippen LogP contribution in [-0.2, 0) is 13.5 Å². The number of nitrogens with one attached hydrogen (secondary N) is 1. The van der Waals surface area contributed by atoms with E-state index in [2.05, 4.69) is 26.3 Å². The summed E-state index contributed by atoms with van der Waals surface area (Å²) < 4.78 is 29.2. The van der Waals surface area contributed by atoms with Crippen LogP contribution in [-0.4, -0.2) is 15.7 Å². The molecule has 1 amide bonds. The number of amides is 1. The lowest BCUT2D eigenvalue weighted by Crippen LogP contribution is -2.16. The summed E-state index contributed by atoms with van der Waals surface area (Å²) in [5, 5.41) is 6.62. The summed E-state index contributed by atoms with van der Waals surface area (Å²) >= 11 is 2.96. The van der Waals surface area contributed by atoms with Crippen molar-refractivity contribution in [1.82, 2.24) is 9.78 Å². The van der Waals surface area contributed by atoms with Gasteiger partial charge in [-0.2, -0.15) is 5.10 Å². The number of hydrogen-bond donors (Lipinski definition) is 1. The Bertz CT molecular complexity index is 647. The number of anilines is 1. The van der Waals surface area contributed by atoms with Crippen LogP contribution in [0.5, 0.6) is 0 Å². The average molecular weight is 344 g/mol. The van der Waals surface area contributed by atoms with E-state index in [1.54, 1.807) is 13.2 Å². The summed E-state index contributed by atoms with van der Waals surface area (Å²) in [7, 11) is 1.70. The predicted octanol–water partition coefficient (Wildman–Crippen LogP) is 3.28. The first kappa shape index (κ1) is 14.6. The predicted molar refractivity (Wildman–Crippen MR) is 74.6 cm³/mol. The van der Waals surface area contributed by atoms with Crippen LogP contribution in [0.1, 0.15) is 23.0 Å². The standard InChI is InChI=1S/C13H12BrF2N3O/c1-3-10-11(6-19(2)18-10)17-13(20)12-8(15)4-7(14)5-9(12)16/h4-6H,3H2,1-2H3,(H,17,20). The first-order chi connectivity index (χ1) is 9.42. The number of carbonyl (C=O) groups excluding carboxylic acids is 1. The zero-order valence-electron chi connectivity index (χ0n) is 10.9. The molecule has 0 fully saturated rings. The molecular formula is C13H12BrF2N3O. The molecule has 0 atom stereocenters. The summed E-state index contributed by atoms with van der Waals surface area (Å²) in [4.78, 5) is 12.0. The molecule has 2 aromatic rings. The van der Waals surface area contributed by atoms with Crippen molar-refractivity contribution in [3.8, 4) is 0 Å². The van der Waals surface area contributed by atoms with E-state index in [4.69, 9.17) is 0 Å². The number of aryl methyl sites for hydroxylation is 2. The second-order valence-electron chi connectivity index (χ2n) is 4.22. The molecule has 20 heavy (non-hydrogen) atoms. The molecule has 1 aromatic carbocycles. The number of carbonyl (C=O) groups is 1. The van der Waals surface area contributed by atoms with Gasteiger partial charge in [0.1, 0.15) is 17.2 Å². The van der Waals surface area contributed by atoms with Gasteiger partial charge in [0.2, 0.25) is 0 Å². The Labute approximate surface area is 122 Å². The monoisotopic (exact) mass is 343 g/mol. The van der Waals surface area contributed by atoms with Gasteiger partial charge < -0.3 is 5.32 Å². The molecule has 7 heteroatoms. The van der Waals surface area contributed by atoms with Crippen molar-refractivity contribution >= 4 is 27.5 Å². The SMILES string of the molecule is CCc1nn(C)cc1NC(=O)c1c(F)cc(Br)cc1F. The highest BCUT2D eigenvalue weighted by Gasteiger charge is 2.20. The molecule has 0 saturated carbocycles. The van der Waals surface area contributed by atoms with Gasteiger partial charge in [-0.05, 0) is 18.6 Å². The van der Waals surface area contributed by atoms with Crippen molar-refractivity contribution < 1.29 is 13.6 Å². The van der Waals surface area contributed by atoms with E-state index in [1.165, 1.54) is 4.68 Å². The van der Waals surface area contributed by atoms with Crippen molar-refractivity contribution in [1.29, 1.82) is 0 Å². The molecule has 106 valence electrons.